The van der Waals surface area contributed by atoms with E-state index >= 15 is 0 Å². The normalized spacial score (nSPS) is 16.0. The predicted molar refractivity (Wildman–Crippen MR) is 218 cm³/mol. The smallest absolute Gasteiger partial charge is 0.136 e. The van der Waals surface area contributed by atoms with Gasteiger partial charge >= 0.3 is 0 Å². The molecule has 236 valence electrons. The summed E-state index contributed by atoms with van der Waals surface area (Å²) in [5.74, 6) is 0. The molecule has 0 atom stereocenters. The van der Waals surface area contributed by atoms with Crippen LogP contribution >= 0.6 is 0 Å². The van der Waals surface area contributed by atoms with E-state index in [4.69, 9.17) is 16.8 Å². The minimum Gasteiger partial charge on any atom is -0.456 e. The zero-order valence-corrected chi connectivity index (χ0v) is 26.6. The largest absolute Gasteiger partial charge is 0.456 e. The summed E-state index contributed by atoms with van der Waals surface area (Å²) in [6.45, 7) is 0. The third-order valence-electron chi connectivity index (χ3n) is 9.72. The Kier molecular flexibility index (Phi) is 3.70. The van der Waals surface area contributed by atoms with Crippen LogP contribution < -0.4 is 0 Å². The van der Waals surface area contributed by atoms with Crippen LogP contribution in [0.1, 0.15) is 20.6 Å². The van der Waals surface area contributed by atoms with Crippen LogP contribution in [-0.4, -0.2) is 0 Å². The molecule has 0 N–H and O–H groups in total. The summed E-state index contributed by atoms with van der Waals surface area (Å²) in [7, 11) is 0. The fourth-order valence-electron chi connectivity index (χ4n) is 7.45. The first-order valence-electron chi connectivity index (χ1n) is 23.9. The van der Waals surface area contributed by atoms with Crippen LogP contribution in [0.2, 0.25) is 0 Å². The lowest BCUT2D eigenvalue weighted by atomic mass is 9.84. The molecule has 0 fully saturated rings. The predicted octanol–water partition coefficient (Wildman–Crippen LogP) is 14.4. The van der Waals surface area contributed by atoms with Gasteiger partial charge in [0.1, 0.15) is 11.2 Å². The second-order valence-electron chi connectivity index (χ2n) is 12.5. The maximum atomic E-state index is 9.52. The molecule has 0 saturated heterocycles. The maximum Gasteiger partial charge on any atom is 0.136 e. The van der Waals surface area contributed by atoms with Crippen LogP contribution in [0.3, 0.4) is 0 Å². The lowest BCUT2D eigenvalue weighted by Crippen LogP contribution is -1.92. The molecule has 1 heterocycles. The van der Waals surface area contributed by atoms with E-state index in [1.54, 1.807) is 12.1 Å². The summed E-state index contributed by atoms with van der Waals surface area (Å²) < 4.78 is 142. The number of benzene rings is 10. The highest BCUT2D eigenvalue weighted by Gasteiger charge is 2.19. The highest BCUT2D eigenvalue weighted by molar-refractivity contribution is 6.24. The molecule has 0 unspecified atom stereocenters. The molecule has 11 rings (SSSR count). The van der Waals surface area contributed by atoms with E-state index < -0.39 is 107 Å². The number of rotatable bonds is 3. The average Bonchev–Trinajstić information content (AvgIpc) is 3.71. The van der Waals surface area contributed by atoms with E-state index in [2.05, 4.69) is 6.07 Å². The lowest BCUT2D eigenvalue weighted by molar-refractivity contribution is 0.669. The van der Waals surface area contributed by atoms with E-state index in [1.165, 1.54) is 0 Å². The van der Waals surface area contributed by atoms with Gasteiger partial charge in [-0.25, -0.2) is 0 Å². The molecule has 51 heavy (non-hydrogen) atoms. The SMILES string of the molecule is [2H]c1c([2H])c([2H])c2c([2H])c(-c3c4c([2H])c([2H])c([2H])c([2H])c4c(-c4cccc5ccc(-c6ccc7c(c6)oc6ccc8ccccc8c67)cc45)c4c([2H])c([2H])c([2H])c([2H])c34)c([2H])c([2H])c2c1[2H]. The molecule has 0 aliphatic rings. The Labute approximate surface area is 315 Å². The number of hydrogen-bond acceptors (Lipinski definition) is 1. The van der Waals surface area contributed by atoms with Crippen molar-refractivity contribution in [3.05, 3.63) is 182 Å². The topological polar surface area (TPSA) is 13.1 Å². The summed E-state index contributed by atoms with van der Waals surface area (Å²) in [6, 6.07) is 19.0. The molecule has 0 amide bonds. The number of fused-ring (bicyclic) bond motifs is 9. The Hall–Kier alpha value is -6.70. The fraction of sp³-hybridized carbons (Fsp3) is 0. The molecule has 0 aliphatic heterocycles. The van der Waals surface area contributed by atoms with Crippen molar-refractivity contribution in [2.75, 3.05) is 0 Å². The third-order valence-corrected chi connectivity index (χ3v) is 9.72. The Morgan fingerprint density at radius 3 is 1.84 bits per heavy atom. The summed E-state index contributed by atoms with van der Waals surface area (Å²) in [5, 5.41) is 3.54. The molecule has 11 aromatic rings. The first-order chi connectivity index (χ1) is 31.5. The number of hydrogen-bond donors (Lipinski definition) is 0. The monoisotopic (exact) mass is 661 g/mol. The molecule has 0 saturated carbocycles. The minimum absolute atomic E-state index is 0.0389. The molecular weight excluding hydrogens is 617 g/mol. The van der Waals surface area contributed by atoms with Crippen molar-refractivity contribution in [2.24, 2.45) is 0 Å². The molecule has 0 aliphatic carbocycles. The van der Waals surface area contributed by atoms with Crippen LogP contribution in [0, 0.1) is 0 Å². The zero-order valence-electron chi connectivity index (χ0n) is 41.6. The Morgan fingerprint density at radius 1 is 0.373 bits per heavy atom. The Bertz CT molecular complexity index is 3980. The van der Waals surface area contributed by atoms with E-state index in [0.29, 0.717) is 21.9 Å². The van der Waals surface area contributed by atoms with Gasteiger partial charge in [0.15, 0.2) is 0 Å². The molecular formula is C50H30O. The summed E-state index contributed by atoms with van der Waals surface area (Å²) in [4.78, 5) is 0. The molecule has 0 bridgehead atoms. The van der Waals surface area contributed by atoms with Gasteiger partial charge in [0.2, 0.25) is 0 Å². The van der Waals surface area contributed by atoms with Crippen molar-refractivity contribution in [3.8, 4) is 33.4 Å². The molecule has 0 spiro atoms. The Balaban J connectivity index is 1.28. The highest BCUT2D eigenvalue weighted by atomic mass is 16.3. The van der Waals surface area contributed by atoms with Crippen LogP contribution in [-0.2, 0) is 0 Å². The van der Waals surface area contributed by atoms with Crippen molar-refractivity contribution < 1.29 is 25.0 Å². The summed E-state index contributed by atoms with van der Waals surface area (Å²) in [5.41, 5.74) is 2.47. The zero-order chi connectivity index (χ0) is 46.5. The van der Waals surface area contributed by atoms with E-state index in [0.717, 1.165) is 38.3 Å². The molecule has 1 aromatic heterocycles. The van der Waals surface area contributed by atoms with Crippen LogP contribution in [0.15, 0.2) is 186 Å². The van der Waals surface area contributed by atoms with E-state index in [-0.39, 0.29) is 32.7 Å². The quantitative estimate of drug-likeness (QED) is 0.172. The molecule has 1 heteroatoms. The van der Waals surface area contributed by atoms with Gasteiger partial charge in [-0.3, -0.25) is 0 Å². The maximum absolute atomic E-state index is 9.52. The lowest BCUT2D eigenvalue weighted by Gasteiger charge is -2.19. The van der Waals surface area contributed by atoms with Crippen LogP contribution in [0.5, 0.6) is 0 Å². The van der Waals surface area contributed by atoms with Gasteiger partial charge in [0.25, 0.3) is 0 Å². The summed E-state index contributed by atoms with van der Waals surface area (Å²) >= 11 is 0. The van der Waals surface area contributed by atoms with Crippen molar-refractivity contribution in [1.82, 2.24) is 0 Å². The van der Waals surface area contributed by atoms with Gasteiger partial charge in [-0.05, 0) is 118 Å². The van der Waals surface area contributed by atoms with Gasteiger partial charge < -0.3 is 4.42 Å². The van der Waals surface area contributed by atoms with E-state index in [1.807, 2.05) is 72.8 Å². The van der Waals surface area contributed by atoms with Gasteiger partial charge in [-0.1, -0.05) is 151 Å². The Morgan fingerprint density at radius 2 is 1.02 bits per heavy atom. The van der Waals surface area contributed by atoms with Crippen LogP contribution in [0.4, 0.5) is 0 Å². The van der Waals surface area contributed by atoms with E-state index in [9.17, 15) is 8.22 Å². The van der Waals surface area contributed by atoms with Crippen molar-refractivity contribution in [1.29, 1.82) is 0 Å². The van der Waals surface area contributed by atoms with Crippen LogP contribution in [0.25, 0.3) is 109 Å². The van der Waals surface area contributed by atoms with Gasteiger partial charge in [-0.15, -0.1) is 0 Å². The van der Waals surface area contributed by atoms with Gasteiger partial charge in [0.05, 0.1) is 20.6 Å². The van der Waals surface area contributed by atoms with Gasteiger partial charge in [0, 0.05) is 10.8 Å². The first kappa shape index (κ1) is 17.3. The van der Waals surface area contributed by atoms with Crippen molar-refractivity contribution >= 4 is 75.8 Å². The molecule has 10 aromatic carbocycles. The molecule has 0 radical (unpaired) electrons. The average molecular weight is 662 g/mol. The van der Waals surface area contributed by atoms with Crippen molar-refractivity contribution in [2.45, 2.75) is 0 Å². The summed E-state index contributed by atoms with van der Waals surface area (Å²) in [6.07, 6.45) is 0. The molecule has 1 nitrogen and oxygen atoms in total. The van der Waals surface area contributed by atoms with Gasteiger partial charge in [-0.2, -0.15) is 0 Å². The second kappa shape index (κ2) is 10.9. The highest BCUT2D eigenvalue weighted by Crippen LogP contribution is 2.46. The standard InChI is InChI=1S/C50H30O/c1-2-12-34-28-37(23-20-31(34)10-1)48-39-15-5-7-17-41(39)49(42-18-8-6-16-40(42)48)43-19-9-13-33-21-22-35(29-45(33)43)36-24-26-44-47(30-36)51-46-27-25-32-11-3-4-14-38(32)50(44)46/h1-30H/i1D,2D,5D,6D,7D,8D,10D,12D,15D,16D,17D,18D,20D,23D,28D. The second-order valence-corrected chi connectivity index (χ2v) is 12.5. The third kappa shape index (κ3) is 4.28. The number of furan rings is 1. The van der Waals surface area contributed by atoms with Crippen molar-refractivity contribution in [3.63, 3.8) is 0 Å². The fourth-order valence-corrected chi connectivity index (χ4v) is 7.45. The minimum atomic E-state index is -0.739. The first-order valence-corrected chi connectivity index (χ1v) is 16.4.